The molecule has 0 spiro atoms. The third-order valence-corrected chi connectivity index (χ3v) is 5.96. The molecule has 2 saturated heterocycles. The molecular formula is C12H16ClN3O2S. The van der Waals surface area contributed by atoms with Crippen molar-refractivity contribution in [3.8, 4) is 0 Å². The molecule has 1 unspecified atom stereocenters. The number of fused-ring (bicyclic) bond motifs is 1. The second-order valence-corrected chi connectivity index (χ2v) is 7.34. The van der Waals surface area contributed by atoms with Crippen LogP contribution in [-0.4, -0.2) is 54.8 Å². The Bertz CT molecular complexity index is 561. The highest BCUT2D eigenvalue weighted by Gasteiger charge is 2.36. The molecule has 1 aromatic rings. The van der Waals surface area contributed by atoms with E-state index in [0.29, 0.717) is 24.3 Å². The molecule has 0 aromatic carbocycles. The summed E-state index contributed by atoms with van der Waals surface area (Å²) in [5.41, 5.74) is 0. The standard InChI is InChI=1S/C12H16ClN3O2S/c13-12-4-3-11(8-14-12)19(17,18)16-7-6-15-5-1-2-10(15)9-16/h3-4,8,10H,1-2,5-7,9H2. The predicted octanol–water partition coefficient (Wildman–Crippen LogP) is 1.20. The Kier molecular flexibility index (Phi) is 3.51. The highest BCUT2D eigenvalue weighted by atomic mass is 35.5. The summed E-state index contributed by atoms with van der Waals surface area (Å²) in [6, 6.07) is 3.41. The zero-order valence-corrected chi connectivity index (χ0v) is 12.1. The summed E-state index contributed by atoms with van der Waals surface area (Å²) < 4.78 is 26.6. The van der Waals surface area contributed by atoms with Gasteiger partial charge in [0, 0.05) is 31.9 Å². The average molecular weight is 302 g/mol. The number of rotatable bonds is 2. The van der Waals surface area contributed by atoms with E-state index in [9.17, 15) is 8.42 Å². The van der Waals surface area contributed by atoms with Crippen molar-refractivity contribution in [3.05, 3.63) is 23.5 Å². The number of hydrogen-bond donors (Lipinski definition) is 0. The summed E-state index contributed by atoms with van der Waals surface area (Å²) >= 11 is 5.69. The lowest BCUT2D eigenvalue weighted by Gasteiger charge is -2.36. The van der Waals surface area contributed by atoms with Crippen molar-refractivity contribution in [2.45, 2.75) is 23.8 Å². The SMILES string of the molecule is O=S(=O)(c1ccc(Cl)nc1)N1CCN2CCCC2C1. The number of pyridine rings is 1. The van der Waals surface area contributed by atoms with Crippen LogP contribution in [-0.2, 0) is 10.0 Å². The zero-order chi connectivity index (χ0) is 13.5. The van der Waals surface area contributed by atoms with E-state index in [1.807, 2.05) is 0 Å². The Morgan fingerprint density at radius 1 is 1.26 bits per heavy atom. The van der Waals surface area contributed by atoms with Crippen LogP contribution < -0.4 is 0 Å². The number of hydrogen-bond acceptors (Lipinski definition) is 4. The first-order valence-corrected chi connectivity index (χ1v) is 8.25. The van der Waals surface area contributed by atoms with Crippen molar-refractivity contribution in [2.24, 2.45) is 0 Å². The van der Waals surface area contributed by atoms with E-state index in [4.69, 9.17) is 11.6 Å². The molecule has 0 aliphatic carbocycles. The van der Waals surface area contributed by atoms with Crippen molar-refractivity contribution in [1.82, 2.24) is 14.2 Å². The summed E-state index contributed by atoms with van der Waals surface area (Å²) in [6.45, 7) is 3.07. The molecule has 1 atom stereocenters. The molecule has 1 aromatic heterocycles. The molecule has 19 heavy (non-hydrogen) atoms. The Labute approximate surface area is 118 Å². The molecule has 3 rings (SSSR count). The van der Waals surface area contributed by atoms with Gasteiger partial charge in [0.1, 0.15) is 10.0 Å². The van der Waals surface area contributed by atoms with Crippen LogP contribution in [0.5, 0.6) is 0 Å². The van der Waals surface area contributed by atoms with Crippen LogP contribution in [0.15, 0.2) is 23.2 Å². The van der Waals surface area contributed by atoms with Crippen molar-refractivity contribution in [2.75, 3.05) is 26.2 Å². The topological polar surface area (TPSA) is 53.5 Å². The molecule has 0 N–H and O–H groups in total. The lowest BCUT2D eigenvalue weighted by molar-refractivity contribution is 0.158. The van der Waals surface area contributed by atoms with Gasteiger partial charge in [-0.1, -0.05) is 11.6 Å². The fourth-order valence-electron chi connectivity index (χ4n) is 2.84. The second-order valence-electron chi connectivity index (χ2n) is 5.01. The number of aromatic nitrogens is 1. The normalized spacial score (nSPS) is 25.4. The van der Waals surface area contributed by atoms with Gasteiger partial charge in [-0.2, -0.15) is 4.31 Å². The number of nitrogens with zero attached hydrogens (tertiary/aromatic N) is 3. The number of sulfonamides is 1. The monoisotopic (exact) mass is 301 g/mol. The van der Waals surface area contributed by atoms with Gasteiger partial charge in [0.25, 0.3) is 0 Å². The zero-order valence-electron chi connectivity index (χ0n) is 10.5. The van der Waals surface area contributed by atoms with Crippen LogP contribution in [0, 0.1) is 0 Å². The van der Waals surface area contributed by atoms with Gasteiger partial charge in [-0.3, -0.25) is 4.90 Å². The van der Waals surface area contributed by atoms with E-state index >= 15 is 0 Å². The third-order valence-electron chi connectivity index (χ3n) is 3.89. The molecule has 0 radical (unpaired) electrons. The van der Waals surface area contributed by atoms with Gasteiger partial charge >= 0.3 is 0 Å². The van der Waals surface area contributed by atoms with Gasteiger partial charge in [0.05, 0.1) is 0 Å². The van der Waals surface area contributed by atoms with Crippen LogP contribution in [0.25, 0.3) is 0 Å². The molecule has 104 valence electrons. The molecule has 0 bridgehead atoms. The van der Waals surface area contributed by atoms with Gasteiger partial charge < -0.3 is 0 Å². The Morgan fingerprint density at radius 2 is 2.11 bits per heavy atom. The first kappa shape index (κ1) is 13.3. The minimum absolute atomic E-state index is 0.225. The van der Waals surface area contributed by atoms with Crippen LogP contribution in [0.3, 0.4) is 0 Å². The maximum atomic E-state index is 12.5. The van der Waals surface area contributed by atoms with E-state index in [-0.39, 0.29) is 4.90 Å². The van der Waals surface area contributed by atoms with E-state index in [2.05, 4.69) is 9.88 Å². The van der Waals surface area contributed by atoms with Crippen LogP contribution >= 0.6 is 11.6 Å². The van der Waals surface area contributed by atoms with Gasteiger partial charge in [-0.05, 0) is 31.5 Å². The van der Waals surface area contributed by atoms with Gasteiger partial charge in [0.2, 0.25) is 10.0 Å². The quantitative estimate of drug-likeness (QED) is 0.770. The average Bonchev–Trinajstić information content (AvgIpc) is 2.86. The van der Waals surface area contributed by atoms with Crippen molar-refractivity contribution in [1.29, 1.82) is 0 Å². The maximum absolute atomic E-state index is 12.5. The molecule has 2 fully saturated rings. The van der Waals surface area contributed by atoms with Crippen LogP contribution in [0.2, 0.25) is 5.15 Å². The molecule has 0 amide bonds. The first-order chi connectivity index (χ1) is 9.07. The van der Waals surface area contributed by atoms with Crippen molar-refractivity contribution in [3.63, 3.8) is 0 Å². The van der Waals surface area contributed by atoms with Crippen molar-refractivity contribution >= 4 is 21.6 Å². The molecule has 5 nitrogen and oxygen atoms in total. The van der Waals surface area contributed by atoms with E-state index in [0.717, 1.165) is 19.5 Å². The number of piperazine rings is 1. The fraction of sp³-hybridized carbons (Fsp3) is 0.583. The molecular weight excluding hydrogens is 286 g/mol. The lowest BCUT2D eigenvalue weighted by atomic mass is 10.2. The minimum Gasteiger partial charge on any atom is -0.298 e. The highest BCUT2D eigenvalue weighted by Crippen LogP contribution is 2.25. The summed E-state index contributed by atoms with van der Waals surface area (Å²) in [4.78, 5) is 6.46. The van der Waals surface area contributed by atoms with Crippen LogP contribution in [0.1, 0.15) is 12.8 Å². The fourth-order valence-corrected chi connectivity index (χ4v) is 4.37. The Morgan fingerprint density at radius 3 is 2.84 bits per heavy atom. The van der Waals surface area contributed by atoms with Crippen molar-refractivity contribution < 1.29 is 8.42 Å². The third kappa shape index (κ3) is 2.50. The Hall–Kier alpha value is -0.690. The van der Waals surface area contributed by atoms with Gasteiger partial charge in [-0.15, -0.1) is 0 Å². The minimum atomic E-state index is -3.43. The maximum Gasteiger partial charge on any atom is 0.244 e. The van der Waals surface area contributed by atoms with Crippen LogP contribution in [0.4, 0.5) is 0 Å². The first-order valence-electron chi connectivity index (χ1n) is 6.43. The number of halogens is 1. The molecule has 3 heterocycles. The molecule has 0 saturated carbocycles. The van der Waals surface area contributed by atoms with Gasteiger partial charge in [-0.25, -0.2) is 13.4 Å². The molecule has 2 aliphatic heterocycles. The Balaban J connectivity index is 1.82. The highest BCUT2D eigenvalue weighted by molar-refractivity contribution is 7.89. The smallest absolute Gasteiger partial charge is 0.244 e. The van der Waals surface area contributed by atoms with E-state index in [1.165, 1.54) is 24.8 Å². The summed E-state index contributed by atoms with van der Waals surface area (Å²) in [5, 5.41) is 0.305. The van der Waals surface area contributed by atoms with E-state index < -0.39 is 10.0 Å². The summed E-state index contributed by atoms with van der Waals surface area (Å²) in [5.74, 6) is 0. The van der Waals surface area contributed by atoms with E-state index in [1.54, 1.807) is 4.31 Å². The predicted molar refractivity (Wildman–Crippen MR) is 72.6 cm³/mol. The summed E-state index contributed by atoms with van der Waals surface area (Å²) in [6.07, 6.45) is 3.59. The summed E-state index contributed by atoms with van der Waals surface area (Å²) in [7, 11) is -3.43. The second kappa shape index (κ2) is 5.01. The largest absolute Gasteiger partial charge is 0.298 e. The van der Waals surface area contributed by atoms with Gasteiger partial charge in [0.15, 0.2) is 0 Å². The molecule has 7 heteroatoms. The lowest BCUT2D eigenvalue weighted by Crippen LogP contribution is -2.51. The molecule has 2 aliphatic rings.